The Labute approximate surface area is 171 Å². The van der Waals surface area contributed by atoms with Gasteiger partial charge < -0.3 is 31.3 Å². The monoisotopic (exact) mass is 427 g/mol. The molecule has 0 saturated carbocycles. The van der Waals surface area contributed by atoms with E-state index in [2.05, 4.69) is 16.0 Å². The van der Waals surface area contributed by atoms with Crippen molar-refractivity contribution >= 4 is 35.1 Å². The fraction of sp³-hybridized carbons (Fsp3) is 0.444. The third-order valence-corrected chi connectivity index (χ3v) is 4.07. The van der Waals surface area contributed by atoms with Gasteiger partial charge in [0, 0.05) is 29.5 Å². The minimum atomic E-state index is -2.99. The molecule has 164 valence electrons. The summed E-state index contributed by atoms with van der Waals surface area (Å²) < 4.78 is 32.2. The molecule has 0 bridgehead atoms. The highest BCUT2D eigenvalue weighted by Gasteiger charge is 2.29. The molecule has 10 nitrogen and oxygen atoms in total. The number of nitrogens with zero attached hydrogens (tertiary/aromatic N) is 1. The number of anilines is 2. The van der Waals surface area contributed by atoms with Gasteiger partial charge in [0.15, 0.2) is 6.04 Å². The topological polar surface area (TPSA) is 143 Å². The minimum absolute atomic E-state index is 0.160. The predicted molar refractivity (Wildman–Crippen MR) is 103 cm³/mol. The molecular weight excluding hydrogens is 404 g/mol. The lowest BCUT2D eigenvalue weighted by Crippen LogP contribution is -2.55. The highest BCUT2D eigenvalue weighted by atomic mass is 19.3. The van der Waals surface area contributed by atoms with E-state index >= 15 is 0 Å². The molecule has 1 fully saturated rings. The zero-order chi connectivity index (χ0) is 22.4. The summed E-state index contributed by atoms with van der Waals surface area (Å²) in [6.45, 7) is 3.63. The van der Waals surface area contributed by atoms with Crippen LogP contribution in [0.25, 0.3) is 0 Å². The Kier molecular flexibility index (Phi) is 7.64. The van der Waals surface area contributed by atoms with Gasteiger partial charge in [0.1, 0.15) is 6.61 Å². The summed E-state index contributed by atoms with van der Waals surface area (Å²) >= 11 is 0. The second kappa shape index (κ2) is 9.96. The number of nitrogens with one attached hydrogen (secondary N) is 3. The van der Waals surface area contributed by atoms with Crippen molar-refractivity contribution in [3.05, 3.63) is 23.8 Å². The van der Waals surface area contributed by atoms with Crippen LogP contribution in [-0.2, 0) is 19.1 Å². The van der Waals surface area contributed by atoms with Gasteiger partial charge in [0.25, 0.3) is 18.2 Å². The van der Waals surface area contributed by atoms with E-state index in [4.69, 9.17) is 10.5 Å². The number of hydrogen-bond acceptors (Lipinski definition) is 5. The van der Waals surface area contributed by atoms with Crippen LogP contribution >= 0.6 is 0 Å². The van der Waals surface area contributed by atoms with Crippen LogP contribution in [0, 0.1) is 0 Å². The van der Waals surface area contributed by atoms with Crippen molar-refractivity contribution in [3.63, 3.8) is 0 Å². The van der Waals surface area contributed by atoms with E-state index in [1.54, 1.807) is 13.8 Å². The molecule has 0 spiro atoms. The fourth-order valence-corrected chi connectivity index (χ4v) is 2.71. The summed E-state index contributed by atoms with van der Waals surface area (Å²) in [5.74, 6) is -2.63. The number of carbonyl (C=O) groups excluding carboxylic acids is 4. The van der Waals surface area contributed by atoms with Crippen LogP contribution in [0.5, 0.6) is 0 Å². The largest absolute Gasteiger partial charge is 0.370 e. The number of nitrogens with two attached hydrogens (primary N) is 1. The number of primary amides is 1. The molecule has 2 rings (SSSR count). The molecule has 1 aliphatic heterocycles. The molecule has 0 unspecified atom stereocenters. The second-order valence-corrected chi connectivity index (χ2v) is 6.77. The van der Waals surface area contributed by atoms with Crippen molar-refractivity contribution in [3.8, 4) is 0 Å². The smallest absolute Gasteiger partial charge is 0.316 e. The number of carbonyl (C=O) groups is 4. The van der Waals surface area contributed by atoms with Crippen LogP contribution < -0.4 is 26.6 Å². The zero-order valence-electron chi connectivity index (χ0n) is 16.4. The van der Waals surface area contributed by atoms with Crippen molar-refractivity contribution < 1.29 is 32.7 Å². The van der Waals surface area contributed by atoms with Gasteiger partial charge in [-0.25, -0.2) is 13.6 Å². The first-order valence-corrected chi connectivity index (χ1v) is 9.07. The van der Waals surface area contributed by atoms with Crippen LogP contribution in [0.1, 0.15) is 25.8 Å². The molecule has 0 aromatic heterocycles. The lowest BCUT2D eigenvalue weighted by molar-refractivity contribution is -0.128. The van der Waals surface area contributed by atoms with E-state index in [1.165, 1.54) is 17.0 Å². The first-order valence-electron chi connectivity index (χ1n) is 9.07. The molecule has 0 radical (unpaired) electrons. The van der Waals surface area contributed by atoms with E-state index < -0.39 is 35.9 Å². The summed E-state index contributed by atoms with van der Waals surface area (Å²) in [6, 6.07) is 0.755. The Morgan fingerprint density at radius 1 is 1.20 bits per heavy atom. The maximum absolute atomic E-state index is 13.6. The molecule has 0 aliphatic carbocycles. The fourth-order valence-electron chi connectivity index (χ4n) is 2.71. The third kappa shape index (κ3) is 5.86. The predicted octanol–water partition coefficient (Wildman–Crippen LogP) is 0.487. The molecule has 30 heavy (non-hydrogen) atoms. The van der Waals surface area contributed by atoms with Crippen LogP contribution in [0.15, 0.2) is 18.2 Å². The number of alkyl halides is 2. The SMILES string of the molecule is CC(C)NC(=O)N[C@H](C(N)=O)C(=O)Nc1ccc(N2CCOCC2=O)cc1C(F)F. The van der Waals surface area contributed by atoms with Crippen molar-refractivity contribution in [2.45, 2.75) is 32.4 Å². The van der Waals surface area contributed by atoms with E-state index in [0.717, 1.165) is 6.07 Å². The second-order valence-electron chi connectivity index (χ2n) is 6.77. The summed E-state index contributed by atoms with van der Waals surface area (Å²) in [5, 5.41) is 6.70. The van der Waals surface area contributed by atoms with Crippen LogP contribution in [-0.4, -0.2) is 55.6 Å². The van der Waals surface area contributed by atoms with Crippen LogP contribution in [0.4, 0.5) is 25.0 Å². The van der Waals surface area contributed by atoms with Crippen molar-refractivity contribution in [1.82, 2.24) is 10.6 Å². The number of benzene rings is 1. The Morgan fingerprint density at radius 2 is 1.90 bits per heavy atom. The molecule has 1 aromatic rings. The standard InChI is InChI=1S/C18H23F2N5O5/c1-9(2)22-18(29)24-14(16(21)27)17(28)23-12-4-3-10(7-11(12)15(19)20)25-5-6-30-8-13(25)26/h3-4,7,9,14-15H,5-6,8H2,1-2H3,(H2,21,27)(H,23,28)(H2,22,24,29)/t14-/m1/s1. The van der Waals surface area contributed by atoms with E-state index in [9.17, 15) is 28.0 Å². The number of halogens is 2. The average molecular weight is 427 g/mol. The minimum Gasteiger partial charge on any atom is -0.370 e. The molecule has 5 N–H and O–H groups in total. The number of hydrogen-bond donors (Lipinski definition) is 4. The molecule has 1 saturated heterocycles. The molecule has 1 aliphatic rings. The van der Waals surface area contributed by atoms with Crippen LogP contribution in [0.2, 0.25) is 0 Å². The third-order valence-electron chi connectivity index (χ3n) is 4.07. The number of morpholine rings is 1. The average Bonchev–Trinajstić information content (AvgIpc) is 2.66. The number of ether oxygens (including phenoxy) is 1. The summed E-state index contributed by atoms with van der Waals surface area (Å²) in [4.78, 5) is 49.0. The molecule has 1 aromatic carbocycles. The zero-order valence-corrected chi connectivity index (χ0v) is 16.4. The van der Waals surface area contributed by atoms with Crippen molar-refractivity contribution in [2.75, 3.05) is 30.0 Å². The van der Waals surface area contributed by atoms with E-state index in [1.807, 2.05) is 0 Å². The van der Waals surface area contributed by atoms with Gasteiger partial charge in [-0.3, -0.25) is 14.4 Å². The normalized spacial score (nSPS) is 15.1. The maximum Gasteiger partial charge on any atom is 0.316 e. The van der Waals surface area contributed by atoms with E-state index in [-0.39, 0.29) is 43.1 Å². The molecule has 1 heterocycles. The summed E-state index contributed by atoms with van der Waals surface area (Å²) in [7, 11) is 0. The van der Waals surface area contributed by atoms with Crippen molar-refractivity contribution in [2.24, 2.45) is 5.73 Å². The maximum atomic E-state index is 13.6. The van der Waals surface area contributed by atoms with Gasteiger partial charge in [-0.1, -0.05) is 0 Å². The number of rotatable bonds is 7. The molecular formula is C18H23F2N5O5. The van der Waals surface area contributed by atoms with Crippen LogP contribution in [0.3, 0.4) is 0 Å². The lowest BCUT2D eigenvalue weighted by atomic mass is 10.1. The lowest BCUT2D eigenvalue weighted by Gasteiger charge is -2.27. The summed E-state index contributed by atoms with van der Waals surface area (Å²) in [6.07, 6.45) is -2.99. The molecule has 5 amide bonds. The van der Waals surface area contributed by atoms with Gasteiger partial charge in [0.2, 0.25) is 5.91 Å². The first kappa shape index (κ1) is 23.0. The Hall–Kier alpha value is -3.28. The number of amides is 5. The number of urea groups is 1. The molecule has 1 atom stereocenters. The van der Waals surface area contributed by atoms with E-state index in [0.29, 0.717) is 0 Å². The van der Waals surface area contributed by atoms with Gasteiger partial charge in [0.05, 0.1) is 6.61 Å². The molecule has 12 heteroatoms. The Morgan fingerprint density at radius 3 is 2.47 bits per heavy atom. The first-order chi connectivity index (χ1) is 14.1. The van der Waals surface area contributed by atoms with Gasteiger partial charge in [-0.2, -0.15) is 0 Å². The highest BCUT2D eigenvalue weighted by Crippen LogP contribution is 2.32. The van der Waals surface area contributed by atoms with Gasteiger partial charge in [-0.15, -0.1) is 0 Å². The Bertz CT molecular complexity index is 833. The quantitative estimate of drug-likeness (QED) is 0.468. The van der Waals surface area contributed by atoms with Gasteiger partial charge in [-0.05, 0) is 32.0 Å². The summed E-state index contributed by atoms with van der Waals surface area (Å²) in [5.41, 5.74) is 4.54. The van der Waals surface area contributed by atoms with Crippen molar-refractivity contribution in [1.29, 1.82) is 0 Å². The van der Waals surface area contributed by atoms with Gasteiger partial charge >= 0.3 is 6.03 Å². The Balaban J connectivity index is 2.22. The highest BCUT2D eigenvalue weighted by molar-refractivity contribution is 6.11.